The van der Waals surface area contributed by atoms with Gasteiger partial charge < -0.3 is 11.5 Å². The number of likely N-dealkylation sites (tertiary alicyclic amines) is 1. The van der Waals surface area contributed by atoms with Gasteiger partial charge in [0.25, 0.3) is 5.69 Å². The number of piperidine rings is 1. The fourth-order valence-electron chi connectivity index (χ4n) is 2.48. The number of nitrogen functional groups attached to an aromatic ring is 1. The smallest absolute Gasteiger partial charge is 0.292 e. The van der Waals surface area contributed by atoms with Crippen LogP contribution in [-0.4, -0.2) is 28.8 Å². The third-order valence-corrected chi connectivity index (χ3v) is 3.69. The van der Waals surface area contributed by atoms with Crippen molar-refractivity contribution in [3.05, 3.63) is 33.9 Å². The predicted molar refractivity (Wildman–Crippen MR) is 74.7 cm³/mol. The maximum absolute atomic E-state index is 11.1. The molecule has 1 aliphatic rings. The van der Waals surface area contributed by atoms with Gasteiger partial charge in [0.05, 0.1) is 4.92 Å². The van der Waals surface area contributed by atoms with Crippen molar-refractivity contribution < 1.29 is 9.72 Å². The summed E-state index contributed by atoms with van der Waals surface area (Å²) < 4.78 is 0. The second-order valence-corrected chi connectivity index (χ2v) is 5.10. The number of nitro groups is 1. The zero-order valence-electron chi connectivity index (χ0n) is 11.1. The molecule has 1 heterocycles. The number of rotatable bonds is 4. The van der Waals surface area contributed by atoms with Crippen LogP contribution in [0.15, 0.2) is 18.2 Å². The molecule has 1 aromatic rings. The molecule has 0 unspecified atom stereocenters. The Balaban J connectivity index is 1.99. The molecule has 1 fully saturated rings. The molecule has 2 rings (SSSR count). The average molecular weight is 278 g/mol. The van der Waals surface area contributed by atoms with Crippen LogP contribution >= 0.6 is 0 Å². The molecule has 7 nitrogen and oxygen atoms in total. The van der Waals surface area contributed by atoms with Crippen LogP contribution in [0.5, 0.6) is 0 Å². The highest BCUT2D eigenvalue weighted by molar-refractivity contribution is 5.76. The Morgan fingerprint density at radius 1 is 1.40 bits per heavy atom. The molecule has 0 aromatic heterocycles. The molecule has 1 amide bonds. The van der Waals surface area contributed by atoms with Crippen molar-refractivity contribution in [3.8, 4) is 0 Å². The number of nitrogens with zero attached hydrogens (tertiary/aromatic N) is 2. The molecule has 7 heteroatoms. The zero-order valence-corrected chi connectivity index (χ0v) is 11.1. The van der Waals surface area contributed by atoms with E-state index in [9.17, 15) is 14.9 Å². The molecule has 108 valence electrons. The fourth-order valence-corrected chi connectivity index (χ4v) is 2.48. The Morgan fingerprint density at radius 3 is 2.60 bits per heavy atom. The van der Waals surface area contributed by atoms with Gasteiger partial charge >= 0.3 is 0 Å². The number of hydrogen-bond acceptors (Lipinski definition) is 5. The molecule has 0 atom stereocenters. The SMILES string of the molecule is NC(=O)C1CCN(Cc2ccc(N)c([N+](=O)[O-])c2)CC1. The molecular formula is C13H18N4O3. The molecule has 0 spiro atoms. The summed E-state index contributed by atoms with van der Waals surface area (Å²) in [5.74, 6) is -0.292. The number of anilines is 1. The van der Waals surface area contributed by atoms with E-state index >= 15 is 0 Å². The lowest BCUT2D eigenvalue weighted by atomic mass is 9.96. The first-order valence-electron chi connectivity index (χ1n) is 6.52. The quantitative estimate of drug-likeness (QED) is 0.481. The number of benzene rings is 1. The third kappa shape index (κ3) is 3.24. The second kappa shape index (κ2) is 5.87. The van der Waals surface area contributed by atoms with Crippen molar-refractivity contribution in [1.82, 2.24) is 4.90 Å². The minimum Gasteiger partial charge on any atom is -0.393 e. The van der Waals surface area contributed by atoms with Crippen LogP contribution in [0.3, 0.4) is 0 Å². The molecule has 1 saturated heterocycles. The Labute approximate surface area is 116 Å². The normalized spacial score (nSPS) is 17.0. The summed E-state index contributed by atoms with van der Waals surface area (Å²) in [6.07, 6.45) is 1.48. The van der Waals surface area contributed by atoms with Crippen LogP contribution in [-0.2, 0) is 11.3 Å². The van der Waals surface area contributed by atoms with Crippen LogP contribution in [0, 0.1) is 16.0 Å². The van der Waals surface area contributed by atoms with Crippen molar-refractivity contribution in [3.63, 3.8) is 0 Å². The summed E-state index contributed by atoms with van der Waals surface area (Å²) in [7, 11) is 0. The summed E-state index contributed by atoms with van der Waals surface area (Å²) in [5.41, 5.74) is 11.8. The summed E-state index contributed by atoms with van der Waals surface area (Å²) in [6, 6.07) is 4.86. The maximum atomic E-state index is 11.1. The molecule has 0 aliphatic carbocycles. The Bertz CT molecular complexity index is 524. The van der Waals surface area contributed by atoms with Crippen LogP contribution in [0.1, 0.15) is 18.4 Å². The van der Waals surface area contributed by atoms with E-state index in [-0.39, 0.29) is 23.2 Å². The zero-order chi connectivity index (χ0) is 14.7. The van der Waals surface area contributed by atoms with Gasteiger partial charge in [-0.2, -0.15) is 0 Å². The van der Waals surface area contributed by atoms with Gasteiger partial charge in [-0.25, -0.2) is 0 Å². The van der Waals surface area contributed by atoms with Gasteiger partial charge in [-0.3, -0.25) is 19.8 Å². The van der Waals surface area contributed by atoms with Crippen molar-refractivity contribution >= 4 is 17.3 Å². The predicted octanol–water partition coefficient (Wildman–Crippen LogP) is 0.874. The van der Waals surface area contributed by atoms with E-state index in [1.165, 1.54) is 6.07 Å². The Morgan fingerprint density at radius 2 is 2.05 bits per heavy atom. The Hall–Kier alpha value is -2.15. The van der Waals surface area contributed by atoms with Crippen LogP contribution in [0.4, 0.5) is 11.4 Å². The van der Waals surface area contributed by atoms with Crippen LogP contribution < -0.4 is 11.5 Å². The van der Waals surface area contributed by atoms with E-state index in [2.05, 4.69) is 4.90 Å². The van der Waals surface area contributed by atoms with E-state index < -0.39 is 4.92 Å². The van der Waals surface area contributed by atoms with E-state index in [4.69, 9.17) is 11.5 Å². The van der Waals surface area contributed by atoms with Crippen molar-refractivity contribution in [1.29, 1.82) is 0 Å². The van der Waals surface area contributed by atoms with Gasteiger partial charge in [0, 0.05) is 18.5 Å². The highest BCUT2D eigenvalue weighted by Crippen LogP contribution is 2.24. The van der Waals surface area contributed by atoms with Crippen molar-refractivity contribution in [2.24, 2.45) is 11.7 Å². The van der Waals surface area contributed by atoms with E-state index in [0.717, 1.165) is 31.5 Å². The average Bonchev–Trinajstić information content (AvgIpc) is 2.41. The van der Waals surface area contributed by atoms with Crippen molar-refractivity contribution in [2.45, 2.75) is 19.4 Å². The number of nitrogens with two attached hydrogens (primary N) is 2. The first-order chi connectivity index (χ1) is 9.47. The van der Waals surface area contributed by atoms with Crippen LogP contribution in [0.2, 0.25) is 0 Å². The van der Waals surface area contributed by atoms with Gasteiger partial charge in [0.1, 0.15) is 5.69 Å². The number of amides is 1. The van der Waals surface area contributed by atoms with Gasteiger partial charge in [-0.1, -0.05) is 6.07 Å². The molecular weight excluding hydrogens is 260 g/mol. The molecule has 0 saturated carbocycles. The molecule has 0 radical (unpaired) electrons. The molecule has 1 aliphatic heterocycles. The maximum Gasteiger partial charge on any atom is 0.292 e. The number of carbonyl (C=O) groups excluding carboxylic acids is 1. The topological polar surface area (TPSA) is 115 Å². The standard InChI is InChI=1S/C13H18N4O3/c14-11-2-1-9(7-12(11)17(19)20)8-16-5-3-10(4-6-16)13(15)18/h1-2,7,10H,3-6,8,14H2,(H2,15,18). The number of carbonyl (C=O) groups is 1. The van der Waals surface area contributed by atoms with Crippen LogP contribution in [0.25, 0.3) is 0 Å². The van der Waals surface area contributed by atoms with E-state index in [0.29, 0.717) is 6.54 Å². The van der Waals surface area contributed by atoms with Gasteiger partial charge in [-0.15, -0.1) is 0 Å². The lowest BCUT2D eigenvalue weighted by molar-refractivity contribution is -0.384. The second-order valence-electron chi connectivity index (χ2n) is 5.10. The molecule has 1 aromatic carbocycles. The first-order valence-corrected chi connectivity index (χ1v) is 6.52. The monoisotopic (exact) mass is 278 g/mol. The van der Waals surface area contributed by atoms with E-state index in [1.807, 2.05) is 0 Å². The fraction of sp³-hybridized carbons (Fsp3) is 0.462. The largest absolute Gasteiger partial charge is 0.393 e. The number of primary amides is 1. The minimum atomic E-state index is -0.474. The lowest BCUT2D eigenvalue weighted by Crippen LogP contribution is -2.38. The number of nitro benzene ring substituents is 1. The lowest BCUT2D eigenvalue weighted by Gasteiger charge is -2.30. The summed E-state index contributed by atoms with van der Waals surface area (Å²) in [6.45, 7) is 2.16. The highest BCUT2D eigenvalue weighted by atomic mass is 16.6. The molecule has 20 heavy (non-hydrogen) atoms. The van der Waals surface area contributed by atoms with Crippen molar-refractivity contribution in [2.75, 3.05) is 18.8 Å². The summed E-state index contributed by atoms with van der Waals surface area (Å²) in [4.78, 5) is 23.6. The first kappa shape index (κ1) is 14.3. The van der Waals surface area contributed by atoms with Gasteiger partial charge in [-0.05, 0) is 37.6 Å². The summed E-state index contributed by atoms with van der Waals surface area (Å²) >= 11 is 0. The third-order valence-electron chi connectivity index (χ3n) is 3.69. The molecule has 4 N–H and O–H groups in total. The van der Waals surface area contributed by atoms with E-state index in [1.54, 1.807) is 12.1 Å². The van der Waals surface area contributed by atoms with Gasteiger partial charge in [0.2, 0.25) is 5.91 Å². The molecule has 0 bridgehead atoms. The minimum absolute atomic E-state index is 0.0491. The Kier molecular flexibility index (Phi) is 4.19. The summed E-state index contributed by atoms with van der Waals surface area (Å²) in [5, 5.41) is 10.8. The van der Waals surface area contributed by atoms with Gasteiger partial charge in [0.15, 0.2) is 0 Å². The highest BCUT2D eigenvalue weighted by Gasteiger charge is 2.23. The number of hydrogen-bond donors (Lipinski definition) is 2.